The van der Waals surface area contributed by atoms with Crippen LogP contribution < -0.4 is 0 Å². The Bertz CT molecular complexity index is 245. The first kappa shape index (κ1) is 14.6. The van der Waals surface area contributed by atoms with Crippen LogP contribution in [0.15, 0.2) is 12.2 Å². The van der Waals surface area contributed by atoms with E-state index in [4.69, 9.17) is 9.84 Å². The second kappa shape index (κ2) is 8.91. The monoisotopic (exact) mass is 230 g/mol. The van der Waals surface area contributed by atoms with E-state index in [1.54, 1.807) is 0 Å². The second-order valence-corrected chi connectivity index (χ2v) is 3.33. The number of esters is 2. The average Bonchev–Trinajstić information content (AvgIpc) is 2.24. The summed E-state index contributed by atoms with van der Waals surface area (Å²) in [5.41, 5.74) is 0. The molecule has 5 nitrogen and oxygen atoms in total. The Hall–Kier alpha value is -1.36. The zero-order valence-electron chi connectivity index (χ0n) is 9.64. The summed E-state index contributed by atoms with van der Waals surface area (Å²) in [6.07, 6.45) is 3.02. The predicted molar refractivity (Wildman–Crippen MR) is 57.6 cm³/mol. The molecule has 5 heteroatoms. The second-order valence-electron chi connectivity index (χ2n) is 3.33. The van der Waals surface area contributed by atoms with Gasteiger partial charge in [-0.25, -0.2) is 9.59 Å². The summed E-state index contributed by atoms with van der Waals surface area (Å²) in [4.78, 5) is 21.9. The lowest BCUT2D eigenvalue weighted by atomic mass is 10.4. The Morgan fingerprint density at radius 2 is 1.81 bits per heavy atom. The summed E-state index contributed by atoms with van der Waals surface area (Å²) in [7, 11) is 0. The van der Waals surface area contributed by atoms with E-state index in [1.807, 2.05) is 6.92 Å². The van der Waals surface area contributed by atoms with E-state index < -0.39 is 18.0 Å². The van der Waals surface area contributed by atoms with Gasteiger partial charge in [-0.15, -0.1) is 0 Å². The van der Waals surface area contributed by atoms with Crippen molar-refractivity contribution >= 4 is 11.9 Å². The first-order valence-electron chi connectivity index (χ1n) is 5.26. The fourth-order valence-corrected chi connectivity index (χ4v) is 0.752. The van der Waals surface area contributed by atoms with Crippen molar-refractivity contribution in [2.45, 2.75) is 32.8 Å². The van der Waals surface area contributed by atoms with E-state index in [0.717, 1.165) is 25.0 Å². The van der Waals surface area contributed by atoms with Crippen LogP contribution in [0.4, 0.5) is 0 Å². The van der Waals surface area contributed by atoms with Crippen molar-refractivity contribution in [3.8, 4) is 0 Å². The minimum atomic E-state index is -0.714. The highest BCUT2D eigenvalue weighted by molar-refractivity contribution is 5.91. The van der Waals surface area contributed by atoms with E-state index in [9.17, 15) is 9.59 Å². The summed E-state index contributed by atoms with van der Waals surface area (Å²) in [5.74, 6) is -1.24. The van der Waals surface area contributed by atoms with Crippen LogP contribution in [0, 0.1) is 0 Å². The third kappa shape index (κ3) is 9.21. The molecule has 0 aliphatic rings. The lowest BCUT2D eigenvalue weighted by Crippen LogP contribution is -2.14. The summed E-state index contributed by atoms with van der Waals surface area (Å²) >= 11 is 0. The van der Waals surface area contributed by atoms with E-state index in [2.05, 4.69) is 4.74 Å². The van der Waals surface area contributed by atoms with Gasteiger partial charge in [0.25, 0.3) is 0 Å². The molecule has 0 amide bonds. The van der Waals surface area contributed by atoms with Crippen molar-refractivity contribution in [2.75, 3.05) is 13.2 Å². The molecule has 0 rings (SSSR count). The minimum Gasteiger partial charge on any atom is -0.463 e. The molecular formula is C11H18O5. The van der Waals surface area contributed by atoms with Crippen LogP contribution in [0.2, 0.25) is 0 Å². The molecule has 0 heterocycles. The van der Waals surface area contributed by atoms with E-state index in [0.29, 0.717) is 6.61 Å². The molecule has 0 aliphatic heterocycles. The lowest BCUT2D eigenvalue weighted by molar-refractivity contribution is -0.142. The van der Waals surface area contributed by atoms with Crippen molar-refractivity contribution < 1.29 is 24.2 Å². The fraction of sp³-hybridized carbons (Fsp3) is 0.636. The van der Waals surface area contributed by atoms with Gasteiger partial charge in [-0.1, -0.05) is 13.3 Å². The van der Waals surface area contributed by atoms with E-state index in [1.165, 1.54) is 6.92 Å². The highest BCUT2D eigenvalue weighted by Crippen LogP contribution is 1.91. The summed E-state index contributed by atoms with van der Waals surface area (Å²) in [5, 5.41) is 8.83. The van der Waals surface area contributed by atoms with Crippen molar-refractivity contribution in [2.24, 2.45) is 0 Å². The van der Waals surface area contributed by atoms with Gasteiger partial charge >= 0.3 is 11.9 Å². The summed E-state index contributed by atoms with van der Waals surface area (Å²) in [6.45, 7) is 3.74. The lowest BCUT2D eigenvalue weighted by Gasteiger charge is -2.03. The van der Waals surface area contributed by atoms with Crippen LogP contribution in [0.3, 0.4) is 0 Å². The number of hydrogen-bond donors (Lipinski definition) is 1. The quantitative estimate of drug-likeness (QED) is 0.398. The number of aliphatic hydroxyl groups excluding tert-OH is 1. The van der Waals surface area contributed by atoms with Crippen LogP contribution >= 0.6 is 0 Å². The van der Waals surface area contributed by atoms with Gasteiger partial charge in [0.1, 0.15) is 6.61 Å². The molecule has 0 aromatic heterocycles. The first-order valence-corrected chi connectivity index (χ1v) is 5.26. The van der Waals surface area contributed by atoms with Gasteiger partial charge in [-0.3, -0.25) is 0 Å². The Balaban J connectivity index is 3.71. The molecule has 0 fully saturated rings. The van der Waals surface area contributed by atoms with Crippen LogP contribution in [0.1, 0.15) is 26.7 Å². The third-order valence-corrected chi connectivity index (χ3v) is 1.56. The molecule has 0 saturated carbocycles. The largest absolute Gasteiger partial charge is 0.463 e. The Morgan fingerprint density at radius 3 is 2.31 bits per heavy atom. The molecule has 16 heavy (non-hydrogen) atoms. The summed E-state index contributed by atoms with van der Waals surface area (Å²) in [6, 6.07) is 0. The Labute approximate surface area is 95.0 Å². The van der Waals surface area contributed by atoms with Gasteiger partial charge in [0, 0.05) is 12.2 Å². The maximum absolute atomic E-state index is 11.0. The number of carbonyl (C=O) groups excluding carboxylic acids is 2. The third-order valence-electron chi connectivity index (χ3n) is 1.56. The molecule has 1 unspecified atom stereocenters. The van der Waals surface area contributed by atoms with Gasteiger partial charge in [0.2, 0.25) is 0 Å². The van der Waals surface area contributed by atoms with Crippen molar-refractivity contribution in [1.82, 2.24) is 0 Å². The van der Waals surface area contributed by atoms with Gasteiger partial charge in [-0.05, 0) is 13.3 Å². The van der Waals surface area contributed by atoms with Gasteiger partial charge in [-0.2, -0.15) is 0 Å². The number of aliphatic hydroxyl groups is 1. The SMILES string of the molecule is CCCCOC(=O)/C=C\C(=O)OCC(C)O. The molecule has 1 atom stereocenters. The standard InChI is InChI=1S/C11H18O5/c1-3-4-7-15-10(13)5-6-11(14)16-8-9(2)12/h5-6,9,12H,3-4,7-8H2,1-2H3/b6-5-. The molecular weight excluding hydrogens is 212 g/mol. The molecule has 1 N–H and O–H groups in total. The Kier molecular flexibility index (Phi) is 8.15. The minimum absolute atomic E-state index is 0.0892. The number of hydrogen-bond acceptors (Lipinski definition) is 5. The van der Waals surface area contributed by atoms with Crippen LogP contribution in [-0.4, -0.2) is 36.4 Å². The van der Waals surface area contributed by atoms with Crippen LogP contribution in [0.25, 0.3) is 0 Å². The number of ether oxygens (including phenoxy) is 2. The Morgan fingerprint density at radius 1 is 1.25 bits per heavy atom. The van der Waals surface area contributed by atoms with Crippen molar-refractivity contribution in [3.63, 3.8) is 0 Å². The number of rotatable bonds is 7. The molecule has 0 spiro atoms. The van der Waals surface area contributed by atoms with E-state index >= 15 is 0 Å². The fourth-order valence-electron chi connectivity index (χ4n) is 0.752. The number of unbranched alkanes of at least 4 members (excludes halogenated alkanes) is 1. The maximum atomic E-state index is 11.0. The van der Waals surface area contributed by atoms with Crippen molar-refractivity contribution in [3.05, 3.63) is 12.2 Å². The average molecular weight is 230 g/mol. The van der Waals surface area contributed by atoms with Crippen LogP contribution in [-0.2, 0) is 19.1 Å². The molecule has 0 radical (unpaired) electrons. The molecule has 0 saturated heterocycles. The highest BCUT2D eigenvalue weighted by Gasteiger charge is 2.02. The molecule has 0 aliphatic carbocycles. The topological polar surface area (TPSA) is 72.8 Å². The molecule has 0 bridgehead atoms. The maximum Gasteiger partial charge on any atom is 0.331 e. The van der Waals surface area contributed by atoms with Gasteiger partial charge in [0.15, 0.2) is 0 Å². The van der Waals surface area contributed by atoms with Gasteiger partial charge < -0.3 is 14.6 Å². The first-order chi connectivity index (χ1) is 7.56. The molecule has 0 aromatic rings. The van der Waals surface area contributed by atoms with Crippen LogP contribution in [0.5, 0.6) is 0 Å². The van der Waals surface area contributed by atoms with Gasteiger partial charge in [0.05, 0.1) is 12.7 Å². The van der Waals surface area contributed by atoms with Crippen molar-refractivity contribution in [1.29, 1.82) is 0 Å². The number of carbonyl (C=O) groups is 2. The highest BCUT2D eigenvalue weighted by atomic mass is 16.5. The zero-order chi connectivity index (χ0) is 12.4. The molecule has 92 valence electrons. The zero-order valence-corrected chi connectivity index (χ0v) is 9.64. The molecule has 0 aromatic carbocycles. The smallest absolute Gasteiger partial charge is 0.331 e. The normalized spacial score (nSPS) is 12.4. The van der Waals surface area contributed by atoms with E-state index in [-0.39, 0.29) is 6.61 Å². The predicted octanol–water partition coefficient (Wildman–Crippen LogP) is 0.810. The summed E-state index contributed by atoms with van der Waals surface area (Å²) < 4.78 is 9.37.